The molecule has 0 bridgehead atoms. The number of sulfonamides is 1. The number of amides is 1. The summed E-state index contributed by atoms with van der Waals surface area (Å²) < 4.78 is 27.9. The average molecular weight is 303 g/mol. The number of hydrogen-bond acceptors (Lipinski definition) is 4. The van der Waals surface area contributed by atoms with Gasteiger partial charge in [0.05, 0.1) is 6.10 Å². The number of nitrogens with one attached hydrogen (secondary N) is 2. The van der Waals surface area contributed by atoms with Crippen molar-refractivity contribution in [1.82, 2.24) is 14.6 Å². The average Bonchev–Trinajstić information content (AvgIpc) is 2.80. The van der Waals surface area contributed by atoms with Crippen LogP contribution in [0.15, 0.2) is 17.2 Å². The van der Waals surface area contributed by atoms with E-state index in [1.807, 2.05) is 6.92 Å². The number of carbonyl (C=O) groups excluding carboxylic acids is 1. The Kier molecular flexibility index (Phi) is 5.73. The molecular weight excluding hydrogens is 282 g/mol. The van der Waals surface area contributed by atoms with Crippen molar-refractivity contribution in [2.45, 2.75) is 30.8 Å². The summed E-state index contributed by atoms with van der Waals surface area (Å²) in [5, 5.41) is 11.8. The lowest BCUT2D eigenvalue weighted by Gasteiger charge is -2.08. The zero-order chi connectivity index (χ0) is 15.3. The topological polar surface area (TPSA) is 100 Å². The molecule has 0 aromatic carbocycles. The number of rotatable bonds is 7. The van der Waals surface area contributed by atoms with Gasteiger partial charge in [0.25, 0.3) is 5.91 Å². The highest BCUT2D eigenvalue weighted by Gasteiger charge is 2.19. The standard InChI is InChI=1S/C12H21N3O4S/c1-4-9(16)5-6-14-20(18,19)10-7-11(12(17)13-2)15(3)8-10/h7-9,14,16H,4-6H2,1-3H3,(H,13,17). The molecule has 1 amide bonds. The van der Waals surface area contributed by atoms with E-state index in [1.165, 1.54) is 23.9 Å². The molecule has 3 N–H and O–H groups in total. The summed E-state index contributed by atoms with van der Waals surface area (Å²) in [6.07, 6.45) is 1.79. The molecule has 1 rings (SSSR count). The molecule has 1 aromatic heterocycles. The monoisotopic (exact) mass is 303 g/mol. The van der Waals surface area contributed by atoms with Gasteiger partial charge < -0.3 is 15.0 Å². The maximum atomic E-state index is 12.0. The number of aliphatic hydroxyl groups excluding tert-OH is 1. The van der Waals surface area contributed by atoms with Gasteiger partial charge in [0.2, 0.25) is 10.0 Å². The maximum Gasteiger partial charge on any atom is 0.267 e. The Morgan fingerprint density at radius 3 is 2.70 bits per heavy atom. The maximum absolute atomic E-state index is 12.0. The third kappa shape index (κ3) is 4.06. The fourth-order valence-corrected chi connectivity index (χ4v) is 2.80. The normalized spacial score (nSPS) is 13.2. The summed E-state index contributed by atoms with van der Waals surface area (Å²) in [7, 11) is -0.588. The van der Waals surface area contributed by atoms with Gasteiger partial charge >= 0.3 is 0 Å². The van der Waals surface area contributed by atoms with Gasteiger partial charge in [-0.1, -0.05) is 6.92 Å². The number of aromatic nitrogens is 1. The van der Waals surface area contributed by atoms with Crippen molar-refractivity contribution in [1.29, 1.82) is 0 Å². The van der Waals surface area contributed by atoms with Crippen LogP contribution in [0.25, 0.3) is 0 Å². The first-order chi connectivity index (χ1) is 9.31. The molecule has 0 radical (unpaired) electrons. The predicted octanol–water partition coefficient (Wildman–Crippen LogP) is -0.176. The van der Waals surface area contributed by atoms with Crippen LogP contribution in [0.4, 0.5) is 0 Å². The van der Waals surface area contributed by atoms with Gasteiger partial charge in [-0.2, -0.15) is 0 Å². The van der Waals surface area contributed by atoms with E-state index >= 15 is 0 Å². The number of hydrogen-bond donors (Lipinski definition) is 3. The largest absolute Gasteiger partial charge is 0.393 e. The zero-order valence-electron chi connectivity index (χ0n) is 11.9. The van der Waals surface area contributed by atoms with Crippen molar-refractivity contribution in [2.75, 3.05) is 13.6 Å². The van der Waals surface area contributed by atoms with E-state index in [4.69, 9.17) is 0 Å². The fraction of sp³-hybridized carbons (Fsp3) is 0.583. The molecule has 20 heavy (non-hydrogen) atoms. The van der Waals surface area contributed by atoms with Crippen LogP contribution in [0, 0.1) is 0 Å². The fourth-order valence-electron chi connectivity index (χ4n) is 1.68. The van der Waals surface area contributed by atoms with Gasteiger partial charge in [-0.25, -0.2) is 13.1 Å². The van der Waals surface area contributed by atoms with Crippen LogP contribution in [0.5, 0.6) is 0 Å². The van der Waals surface area contributed by atoms with Crippen molar-refractivity contribution in [3.8, 4) is 0 Å². The molecule has 0 fully saturated rings. The van der Waals surface area contributed by atoms with E-state index < -0.39 is 16.1 Å². The molecular formula is C12H21N3O4S. The molecule has 0 aliphatic heterocycles. The minimum Gasteiger partial charge on any atom is -0.393 e. The molecule has 1 heterocycles. The quantitative estimate of drug-likeness (QED) is 0.650. The van der Waals surface area contributed by atoms with Crippen molar-refractivity contribution >= 4 is 15.9 Å². The Morgan fingerprint density at radius 1 is 1.50 bits per heavy atom. The van der Waals surface area contributed by atoms with Crippen LogP contribution >= 0.6 is 0 Å². The Morgan fingerprint density at radius 2 is 2.15 bits per heavy atom. The lowest BCUT2D eigenvalue weighted by Crippen LogP contribution is -2.27. The molecule has 0 saturated heterocycles. The minimum absolute atomic E-state index is 0.0320. The van der Waals surface area contributed by atoms with Crippen LogP contribution < -0.4 is 10.0 Å². The molecule has 8 heteroatoms. The first kappa shape index (κ1) is 16.7. The first-order valence-electron chi connectivity index (χ1n) is 6.38. The summed E-state index contributed by atoms with van der Waals surface area (Å²) in [4.78, 5) is 11.6. The van der Waals surface area contributed by atoms with E-state index in [-0.39, 0.29) is 23.0 Å². The molecule has 0 aliphatic rings. The highest BCUT2D eigenvalue weighted by molar-refractivity contribution is 7.89. The summed E-state index contributed by atoms with van der Waals surface area (Å²) in [6.45, 7) is 1.98. The van der Waals surface area contributed by atoms with Crippen LogP contribution in [0.3, 0.4) is 0 Å². The SMILES string of the molecule is CCC(O)CCNS(=O)(=O)c1cc(C(=O)NC)n(C)c1. The van der Waals surface area contributed by atoms with Gasteiger partial charge in [0.15, 0.2) is 0 Å². The van der Waals surface area contributed by atoms with Gasteiger partial charge in [-0.3, -0.25) is 4.79 Å². The Bertz CT molecular complexity index is 565. The van der Waals surface area contributed by atoms with E-state index in [1.54, 1.807) is 7.05 Å². The van der Waals surface area contributed by atoms with Gasteiger partial charge in [0.1, 0.15) is 10.6 Å². The molecule has 7 nitrogen and oxygen atoms in total. The number of aryl methyl sites for hydroxylation is 1. The second-order valence-electron chi connectivity index (χ2n) is 4.50. The lowest BCUT2D eigenvalue weighted by atomic mass is 10.2. The van der Waals surface area contributed by atoms with E-state index in [0.717, 1.165) is 0 Å². The highest BCUT2D eigenvalue weighted by atomic mass is 32.2. The molecule has 1 aromatic rings. The Labute approximate surface area is 119 Å². The highest BCUT2D eigenvalue weighted by Crippen LogP contribution is 2.13. The van der Waals surface area contributed by atoms with Crippen LogP contribution in [0.1, 0.15) is 30.3 Å². The molecule has 0 aliphatic carbocycles. The van der Waals surface area contributed by atoms with E-state index in [9.17, 15) is 18.3 Å². The second-order valence-corrected chi connectivity index (χ2v) is 6.27. The van der Waals surface area contributed by atoms with Crippen LogP contribution in [-0.2, 0) is 17.1 Å². The smallest absolute Gasteiger partial charge is 0.267 e. The third-order valence-electron chi connectivity index (χ3n) is 2.99. The lowest BCUT2D eigenvalue weighted by molar-refractivity contribution is 0.0955. The zero-order valence-corrected chi connectivity index (χ0v) is 12.7. The van der Waals surface area contributed by atoms with Crippen molar-refractivity contribution in [3.05, 3.63) is 18.0 Å². The summed E-state index contributed by atoms with van der Waals surface area (Å²) in [5.41, 5.74) is 0.265. The number of nitrogens with zero attached hydrogens (tertiary/aromatic N) is 1. The second kappa shape index (κ2) is 6.87. The molecule has 114 valence electrons. The molecule has 0 saturated carbocycles. The minimum atomic E-state index is -3.67. The van der Waals surface area contributed by atoms with Gasteiger partial charge in [-0.15, -0.1) is 0 Å². The third-order valence-corrected chi connectivity index (χ3v) is 4.42. The summed E-state index contributed by atoms with van der Waals surface area (Å²) in [5.74, 6) is -0.352. The van der Waals surface area contributed by atoms with Gasteiger partial charge in [-0.05, 0) is 18.9 Å². The molecule has 0 spiro atoms. The number of carbonyl (C=O) groups is 1. The predicted molar refractivity (Wildman–Crippen MR) is 74.9 cm³/mol. The summed E-state index contributed by atoms with van der Waals surface area (Å²) >= 11 is 0. The van der Waals surface area contributed by atoms with Crippen LogP contribution in [-0.4, -0.2) is 43.7 Å². The summed E-state index contributed by atoms with van der Waals surface area (Å²) in [6, 6.07) is 1.32. The molecule has 1 atom stereocenters. The van der Waals surface area contributed by atoms with E-state index in [0.29, 0.717) is 12.8 Å². The number of aliphatic hydroxyl groups is 1. The Hall–Kier alpha value is -1.38. The van der Waals surface area contributed by atoms with Crippen molar-refractivity contribution in [3.63, 3.8) is 0 Å². The Balaban J connectivity index is 2.80. The van der Waals surface area contributed by atoms with Crippen molar-refractivity contribution in [2.24, 2.45) is 7.05 Å². The van der Waals surface area contributed by atoms with Gasteiger partial charge in [0, 0.05) is 26.8 Å². The molecule has 1 unspecified atom stereocenters. The first-order valence-corrected chi connectivity index (χ1v) is 7.86. The van der Waals surface area contributed by atoms with Crippen molar-refractivity contribution < 1.29 is 18.3 Å². The van der Waals surface area contributed by atoms with E-state index in [2.05, 4.69) is 10.0 Å². The van der Waals surface area contributed by atoms with Crippen LogP contribution in [0.2, 0.25) is 0 Å².